The minimum atomic E-state index is -0.848. The van der Waals surface area contributed by atoms with Gasteiger partial charge in [0.1, 0.15) is 0 Å². The number of amides is 1. The Bertz CT molecular complexity index is 697. The van der Waals surface area contributed by atoms with Crippen LogP contribution in [0.2, 0.25) is 0 Å². The number of carbonyl (C=O) groups is 3. The first kappa shape index (κ1) is 17.6. The Labute approximate surface area is 148 Å². The number of hydrogen-bond donors (Lipinski definition) is 1. The Morgan fingerprint density at radius 2 is 1.88 bits per heavy atom. The second-order valence-electron chi connectivity index (χ2n) is 7.17. The number of carbonyl (C=O) groups excluding carboxylic acids is 2. The molecular formula is C20H25NO4. The topological polar surface area (TPSA) is 74.7 Å². The molecular weight excluding hydrogens is 318 g/mol. The van der Waals surface area contributed by atoms with Gasteiger partial charge in [-0.3, -0.25) is 14.4 Å². The summed E-state index contributed by atoms with van der Waals surface area (Å²) in [6.45, 7) is 2.37. The molecule has 1 heterocycles. The fraction of sp³-hybridized carbons (Fsp3) is 0.550. The maximum atomic E-state index is 12.5. The van der Waals surface area contributed by atoms with Gasteiger partial charge in [-0.1, -0.05) is 12.1 Å². The molecule has 0 radical (unpaired) electrons. The molecule has 0 spiro atoms. The van der Waals surface area contributed by atoms with Gasteiger partial charge in [0.2, 0.25) is 5.91 Å². The van der Waals surface area contributed by atoms with E-state index in [-0.39, 0.29) is 30.6 Å². The number of hydrogen-bond acceptors (Lipinski definition) is 3. The molecule has 0 unspecified atom stereocenters. The summed E-state index contributed by atoms with van der Waals surface area (Å²) in [6, 6.07) is 5.55. The molecule has 3 rings (SSSR count). The molecule has 1 saturated heterocycles. The predicted octanol–water partition coefficient (Wildman–Crippen LogP) is 2.85. The molecule has 1 N–H and O–H groups in total. The lowest BCUT2D eigenvalue weighted by Gasteiger charge is -2.37. The van der Waals surface area contributed by atoms with Crippen LogP contribution >= 0.6 is 0 Å². The molecule has 1 aromatic carbocycles. The van der Waals surface area contributed by atoms with E-state index in [2.05, 4.69) is 0 Å². The number of aliphatic carboxylic acids is 1. The zero-order valence-corrected chi connectivity index (χ0v) is 14.7. The summed E-state index contributed by atoms with van der Waals surface area (Å²) >= 11 is 0. The molecule has 0 bridgehead atoms. The molecule has 2 aliphatic rings. The number of rotatable bonds is 5. The number of ketones is 1. The van der Waals surface area contributed by atoms with Crippen LogP contribution in [-0.4, -0.2) is 40.3 Å². The summed E-state index contributed by atoms with van der Waals surface area (Å²) in [5.74, 6) is -1.49. The van der Waals surface area contributed by atoms with Crippen molar-refractivity contribution in [1.29, 1.82) is 0 Å². The lowest BCUT2D eigenvalue weighted by Crippen LogP contribution is -2.49. The number of piperidine rings is 1. The molecule has 0 saturated carbocycles. The SMILES string of the molecule is C[C@@H]1[C@H](C(=O)O)CCCN1C(=O)CCC(=O)c1ccc2c(c1)CCC2. The molecule has 1 aliphatic heterocycles. The van der Waals surface area contributed by atoms with E-state index in [1.165, 1.54) is 11.1 Å². The molecule has 25 heavy (non-hydrogen) atoms. The monoisotopic (exact) mass is 343 g/mol. The fourth-order valence-electron chi connectivity index (χ4n) is 4.08. The maximum Gasteiger partial charge on any atom is 0.308 e. The minimum Gasteiger partial charge on any atom is -0.481 e. The van der Waals surface area contributed by atoms with Crippen molar-refractivity contribution in [1.82, 2.24) is 4.90 Å². The number of nitrogens with zero attached hydrogens (tertiary/aromatic N) is 1. The highest BCUT2D eigenvalue weighted by atomic mass is 16.4. The average Bonchev–Trinajstić information content (AvgIpc) is 3.06. The first-order valence-corrected chi connectivity index (χ1v) is 9.14. The Kier molecular flexibility index (Phi) is 5.21. The van der Waals surface area contributed by atoms with Gasteiger partial charge in [-0.05, 0) is 56.2 Å². The Morgan fingerprint density at radius 1 is 1.12 bits per heavy atom. The molecule has 5 nitrogen and oxygen atoms in total. The largest absolute Gasteiger partial charge is 0.481 e. The molecule has 1 aromatic rings. The summed E-state index contributed by atoms with van der Waals surface area (Å²) in [7, 11) is 0. The van der Waals surface area contributed by atoms with E-state index in [1.54, 1.807) is 11.8 Å². The van der Waals surface area contributed by atoms with Crippen LogP contribution in [0.5, 0.6) is 0 Å². The highest BCUT2D eigenvalue weighted by Gasteiger charge is 2.35. The number of aryl methyl sites for hydroxylation is 2. The van der Waals surface area contributed by atoms with Crippen LogP contribution < -0.4 is 0 Å². The summed E-state index contributed by atoms with van der Waals surface area (Å²) < 4.78 is 0. The van der Waals surface area contributed by atoms with Gasteiger partial charge in [-0.25, -0.2) is 0 Å². The molecule has 5 heteroatoms. The molecule has 0 aromatic heterocycles. The number of Topliss-reactive ketones (excluding diaryl/α,β-unsaturated/α-hetero) is 1. The second-order valence-corrected chi connectivity index (χ2v) is 7.17. The third-order valence-corrected chi connectivity index (χ3v) is 5.61. The standard InChI is InChI=1S/C20H25NO4/c1-13-17(20(24)25)6-3-11-21(13)19(23)10-9-18(22)16-8-7-14-4-2-5-15(14)12-16/h7-8,12-13,17H,2-6,9-11H2,1H3,(H,24,25)/t13-,17-/m1/s1. The third-order valence-electron chi connectivity index (χ3n) is 5.61. The smallest absolute Gasteiger partial charge is 0.308 e. The number of carboxylic acids is 1. The number of benzene rings is 1. The molecule has 2 atom stereocenters. The van der Waals surface area contributed by atoms with Crippen molar-refractivity contribution >= 4 is 17.7 Å². The van der Waals surface area contributed by atoms with Gasteiger partial charge in [0.05, 0.1) is 5.92 Å². The lowest BCUT2D eigenvalue weighted by molar-refractivity contribution is -0.149. The number of fused-ring (bicyclic) bond motifs is 1. The molecule has 134 valence electrons. The molecule has 1 amide bonds. The van der Waals surface area contributed by atoms with E-state index in [4.69, 9.17) is 0 Å². The average molecular weight is 343 g/mol. The van der Waals surface area contributed by atoms with E-state index in [1.807, 2.05) is 18.2 Å². The minimum absolute atomic E-state index is 0.0116. The highest BCUT2D eigenvalue weighted by molar-refractivity contribution is 5.98. The summed E-state index contributed by atoms with van der Waals surface area (Å²) in [5.41, 5.74) is 3.27. The quantitative estimate of drug-likeness (QED) is 0.834. The summed E-state index contributed by atoms with van der Waals surface area (Å²) in [5, 5.41) is 9.26. The van der Waals surface area contributed by atoms with Crippen molar-refractivity contribution in [3.8, 4) is 0 Å². The summed E-state index contributed by atoms with van der Waals surface area (Å²) in [4.78, 5) is 37.8. The maximum absolute atomic E-state index is 12.5. The van der Waals surface area contributed by atoms with Gasteiger partial charge >= 0.3 is 5.97 Å². The molecule has 1 fully saturated rings. The van der Waals surface area contributed by atoms with E-state index < -0.39 is 11.9 Å². The normalized spacial score (nSPS) is 22.5. The van der Waals surface area contributed by atoms with E-state index in [0.717, 1.165) is 19.3 Å². The van der Waals surface area contributed by atoms with Crippen molar-refractivity contribution < 1.29 is 19.5 Å². The van der Waals surface area contributed by atoms with Crippen LogP contribution in [0.15, 0.2) is 18.2 Å². The second kappa shape index (κ2) is 7.38. The predicted molar refractivity (Wildman–Crippen MR) is 93.6 cm³/mol. The fourth-order valence-corrected chi connectivity index (χ4v) is 4.08. The van der Waals surface area contributed by atoms with Crippen LogP contribution in [0, 0.1) is 5.92 Å². The number of carboxylic acid groups (broad SMARTS) is 1. The van der Waals surface area contributed by atoms with Crippen LogP contribution in [0.1, 0.15) is 60.5 Å². The summed E-state index contributed by atoms with van der Waals surface area (Å²) in [6.07, 6.45) is 4.88. The van der Waals surface area contributed by atoms with Crippen LogP contribution in [-0.2, 0) is 22.4 Å². The zero-order valence-electron chi connectivity index (χ0n) is 14.7. The van der Waals surface area contributed by atoms with Crippen LogP contribution in [0.3, 0.4) is 0 Å². The van der Waals surface area contributed by atoms with Gasteiger partial charge in [-0.15, -0.1) is 0 Å². The van der Waals surface area contributed by atoms with Crippen molar-refractivity contribution in [3.05, 3.63) is 34.9 Å². The van der Waals surface area contributed by atoms with Crippen molar-refractivity contribution in [2.75, 3.05) is 6.54 Å². The zero-order chi connectivity index (χ0) is 18.0. The first-order valence-electron chi connectivity index (χ1n) is 9.14. The molecule has 1 aliphatic carbocycles. The van der Waals surface area contributed by atoms with Gasteiger partial charge < -0.3 is 10.0 Å². The highest BCUT2D eigenvalue weighted by Crippen LogP contribution is 2.26. The van der Waals surface area contributed by atoms with Gasteiger partial charge in [-0.2, -0.15) is 0 Å². The third kappa shape index (κ3) is 3.75. The Morgan fingerprint density at radius 3 is 2.64 bits per heavy atom. The van der Waals surface area contributed by atoms with E-state index in [0.29, 0.717) is 24.9 Å². The number of likely N-dealkylation sites (tertiary alicyclic amines) is 1. The first-order chi connectivity index (χ1) is 12.0. The van der Waals surface area contributed by atoms with E-state index in [9.17, 15) is 19.5 Å². The van der Waals surface area contributed by atoms with Crippen molar-refractivity contribution in [2.45, 2.75) is 57.9 Å². The Balaban J connectivity index is 1.58. The van der Waals surface area contributed by atoms with Crippen molar-refractivity contribution in [3.63, 3.8) is 0 Å². The van der Waals surface area contributed by atoms with Crippen molar-refractivity contribution in [2.24, 2.45) is 5.92 Å². The van der Waals surface area contributed by atoms with Gasteiger partial charge in [0, 0.05) is 31.0 Å². The Hall–Kier alpha value is -2.17. The van der Waals surface area contributed by atoms with Gasteiger partial charge in [0.25, 0.3) is 0 Å². The van der Waals surface area contributed by atoms with E-state index >= 15 is 0 Å². The van der Waals surface area contributed by atoms with Crippen LogP contribution in [0.25, 0.3) is 0 Å². The van der Waals surface area contributed by atoms with Crippen LogP contribution in [0.4, 0.5) is 0 Å². The van der Waals surface area contributed by atoms with Gasteiger partial charge in [0.15, 0.2) is 5.78 Å². The lowest BCUT2D eigenvalue weighted by atomic mass is 9.90.